The lowest BCUT2D eigenvalue weighted by atomic mass is 10.2. The zero-order valence-electron chi connectivity index (χ0n) is 7.46. The number of hydrogen-bond acceptors (Lipinski definition) is 1. The lowest BCUT2D eigenvalue weighted by Crippen LogP contribution is -1.68. The lowest BCUT2D eigenvalue weighted by molar-refractivity contribution is 0.471. The molecule has 0 aliphatic heterocycles. The minimum atomic E-state index is 0.368. The largest absolute Gasteiger partial charge is 0.508 e. The Bertz CT molecular complexity index is 173. The molecule has 0 heterocycles. The van der Waals surface area contributed by atoms with E-state index in [-0.39, 0.29) is 0 Å². The fourth-order valence-corrected chi connectivity index (χ4v) is 0.563. The summed E-state index contributed by atoms with van der Waals surface area (Å²) in [6.07, 6.45) is 1.25. The molecule has 0 fully saturated rings. The van der Waals surface area contributed by atoms with E-state index in [0.717, 1.165) is 5.56 Å². The molecule has 0 amide bonds. The van der Waals surface area contributed by atoms with Crippen LogP contribution in [0.25, 0.3) is 0 Å². The van der Waals surface area contributed by atoms with Gasteiger partial charge in [-0.15, -0.1) is 0 Å². The summed E-state index contributed by atoms with van der Waals surface area (Å²) in [6.45, 7) is 6.12. The molecule has 1 aromatic rings. The Morgan fingerprint density at radius 3 is 1.91 bits per heavy atom. The Balaban J connectivity index is 0.000000292. The van der Waals surface area contributed by atoms with Crippen LogP contribution in [0.2, 0.25) is 0 Å². The first-order valence-corrected chi connectivity index (χ1v) is 3.97. The molecule has 0 unspecified atom stereocenters. The second-order valence-electron chi connectivity index (χ2n) is 2.49. The summed E-state index contributed by atoms with van der Waals surface area (Å²) in [4.78, 5) is 0. The van der Waals surface area contributed by atoms with Gasteiger partial charge < -0.3 is 5.11 Å². The second-order valence-corrected chi connectivity index (χ2v) is 2.49. The molecule has 62 valence electrons. The van der Waals surface area contributed by atoms with Gasteiger partial charge in [0.15, 0.2) is 0 Å². The smallest absolute Gasteiger partial charge is 0.118 e. The molecule has 0 saturated carbocycles. The predicted molar refractivity (Wildman–Crippen MR) is 48.8 cm³/mol. The van der Waals surface area contributed by atoms with Crippen LogP contribution in [0.15, 0.2) is 24.3 Å². The van der Waals surface area contributed by atoms with E-state index in [1.165, 1.54) is 6.42 Å². The van der Waals surface area contributed by atoms with Crippen LogP contribution >= 0.6 is 0 Å². The van der Waals surface area contributed by atoms with Crippen molar-refractivity contribution < 1.29 is 5.11 Å². The number of aromatic hydroxyl groups is 1. The molecule has 1 heteroatoms. The molecule has 0 spiro atoms. The number of aryl methyl sites for hydroxylation is 1. The Morgan fingerprint density at radius 2 is 1.64 bits per heavy atom. The van der Waals surface area contributed by atoms with Gasteiger partial charge in [0, 0.05) is 0 Å². The first-order valence-electron chi connectivity index (χ1n) is 3.97. The van der Waals surface area contributed by atoms with E-state index in [9.17, 15) is 0 Å². The van der Waals surface area contributed by atoms with Crippen LogP contribution in [0, 0.1) is 6.92 Å². The standard InChI is InChI=1S/C7H8O.C3H8/c1-6-4-2-3-5-7(6)8;1-3-2/h2-5,8H,1H3;3H2,1-2H3. The maximum absolute atomic E-state index is 8.92. The average Bonchev–Trinajstić information content (AvgIpc) is 1.97. The van der Waals surface area contributed by atoms with Gasteiger partial charge in [0.25, 0.3) is 0 Å². The summed E-state index contributed by atoms with van der Waals surface area (Å²) >= 11 is 0. The summed E-state index contributed by atoms with van der Waals surface area (Å²) in [7, 11) is 0. The third-order valence-corrected chi connectivity index (χ3v) is 1.12. The topological polar surface area (TPSA) is 20.2 Å². The van der Waals surface area contributed by atoms with Crippen LogP contribution in [0.4, 0.5) is 0 Å². The summed E-state index contributed by atoms with van der Waals surface area (Å²) < 4.78 is 0. The van der Waals surface area contributed by atoms with Gasteiger partial charge in [-0.05, 0) is 18.6 Å². The van der Waals surface area contributed by atoms with Crippen molar-refractivity contribution in [2.75, 3.05) is 0 Å². The van der Waals surface area contributed by atoms with Crippen LogP contribution in [0.1, 0.15) is 25.8 Å². The first-order chi connectivity index (χ1) is 5.22. The van der Waals surface area contributed by atoms with Crippen molar-refractivity contribution in [1.82, 2.24) is 0 Å². The molecular formula is C10H16O. The van der Waals surface area contributed by atoms with Crippen molar-refractivity contribution in [1.29, 1.82) is 0 Å². The highest BCUT2D eigenvalue weighted by Gasteiger charge is 1.86. The molecular weight excluding hydrogens is 136 g/mol. The summed E-state index contributed by atoms with van der Waals surface area (Å²) in [5, 5.41) is 8.92. The minimum absolute atomic E-state index is 0.368. The average molecular weight is 152 g/mol. The molecule has 1 N–H and O–H groups in total. The Morgan fingerprint density at radius 1 is 1.18 bits per heavy atom. The van der Waals surface area contributed by atoms with Crippen LogP contribution in [-0.2, 0) is 0 Å². The summed E-state index contributed by atoms with van der Waals surface area (Å²) in [5.41, 5.74) is 0.924. The number of rotatable bonds is 0. The van der Waals surface area contributed by atoms with Gasteiger partial charge in [-0.1, -0.05) is 38.5 Å². The molecule has 0 aromatic heterocycles. The molecule has 1 rings (SSSR count). The normalized spacial score (nSPS) is 8.27. The monoisotopic (exact) mass is 152 g/mol. The Hall–Kier alpha value is -0.980. The molecule has 0 radical (unpaired) electrons. The van der Waals surface area contributed by atoms with Gasteiger partial charge >= 0.3 is 0 Å². The van der Waals surface area contributed by atoms with Crippen molar-refractivity contribution in [3.63, 3.8) is 0 Å². The van der Waals surface area contributed by atoms with E-state index in [1.807, 2.05) is 25.1 Å². The van der Waals surface area contributed by atoms with E-state index in [0.29, 0.717) is 5.75 Å². The predicted octanol–water partition coefficient (Wildman–Crippen LogP) is 3.12. The molecule has 0 aliphatic carbocycles. The highest BCUT2D eigenvalue weighted by molar-refractivity contribution is 5.29. The number of phenolic OH excluding ortho intramolecular Hbond substituents is 1. The molecule has 11 heavy (non-hydrogen) atoms. The van der Waals surface area contributed by atoms with Gasteiger partial charge in [-0.3, -0.25) is 0 Å². The molecule has 1 aromatic carbocycles. The maximum atomic E-state index is 8.92. The van der Waals surface area contributed by atoms with Gasteiger partial charge in [0.2, 0.25) is 0 Å². The van der Waals surface area contributed by atoms with Crippen molar-refractivity contribution in [2.45, 2.75) is 27.2 Å². The zero-order valence-corrected chi connectivity index (χ0v) is 7.46. The lowest BCUT2D eigenvalue weighted by Gasteiger charge is -1.92. The van der Waals surface area contributed by atoms with Crippen molar-refractivity contribution in [3.8, 4) is 5.75 Å². The van der Waals surface area contributed by atoms with E-state index < -0.39 is 0 Å². The fourth-order valence-electron chi connectivity index (χ4n) is 0.563. The third-order valence-electron chi connectivity index (χ3n) is 1.12. The fraction of sp³-hybridized carbons (Fsp3) is 0.400. The summed E-state index contributed by atoms with van der Waals surface area (Å²) in [5.74, 6) is 0.368. The van der Waals surface area contributed by atoms with Gasteiger partial charge in [0.1, 0.15) is 5.75 Å². The molecule has 0 atom stereocenters. The van der Waals surface area contributed by atoms with Crippen molar-refractivity contribution >= 4 is 0 Å². The number of hydrogen-bond donors (Lipinski definition) is 1. The first kappa shape index (κ1) is 10.0. The van der Waals surface area contributed by atoms with E-state index in [1.54, 1.807) is 6.07 Å². The van der Waals surface area contributed by atoms with Crippen molar-refractivity contribution in [3.05, 3.63) is 29.8 Å². The highest BCUT2D eigenvalue weighted by Crippen LogP contribution is 2.12. The Kier molecular flexibility index (Phi) is 5.26. The van der Waals surface area contributed by atoms with Gasteiger partial charge in [0.05, 0.1) is 0 Å². The van der Waals surface area contributed by atoms with Crippen LogP contribution in [0.3, 0.4) is 0 Å². The molecule has 0 saturated heterocycles. The number of para-hydroxylation sites is 1. The highest BCUT2D eigenvalue weighted by atomic mass is 16.3. The Labute approximate surface area is 68.7 Å². The zero-order chi connectivity index (χ0) is 8.69. The second kappa shape index (κ2) is 5.78. The minimum Gasteiger partial charge on any atom is -0.508 e. The molecule has 0 bridgehead atoms. The summed E-state index contributed by atoms with van der Waals surface area (Å²) in [6, 6.07) is 7.25. The van der Waals surface area contributed by atoms with Crippen LogP contribution in [0.5, 0.6) is 5.75 Å². The number of phenols is 1. The van der Waals surface area contributed by atoms with Gasteiger partial charge in [-0.2, -0.15) is 0 Å². The van der Waals surface area contributed by atoms with E-state index >= 15 is 0 Å². The number of benzene rings is 1. The van der Waals surface area contributed by atoms with Crippen LogP contribution in [-0.4, -0.2) is 5.11 Å². The van der Waals surface area contributed by atoms with Gasteiger partial charge in [-0.25, -0.2) is 0 Å². The third kappa shape index (κ3) is 4.43. The maximum Gasteiger partial charge on any atom is 0.118 e. The van der Waals surface area contributed by atoms with Crippen molar-refractivity contribution in [2.24, 2.45) is 0 Å². The van der Waals surface area contributed by atoms with Crippen LogP contribution < -0.4 is 0 Å². The molecule has 0 aliphatic rings. The molecule has 1 nitrogen and oxygen atoms in total. The van der Waals surface area contributed by atoms with E-state index in [2.05, 4.69) is 13.8 Å². The SMILES string of the molecule is CCC.Cc1ccccc1O. The quantitative estimate of drug-likeness (QED) is 0.605. The van der Waals surface area contributed by atoms with E-state index in [4.69, 9.17) is 5.11 Å².